The fourth-order valence-corrected chi connectivity index (χ4v) is 2.09. The number of rotatable bonds is 3. The summed E-state index contributed by atoms with van der Waals surface area (Å²) in [6, 6.07) is 14.0. The Labute approximate surface area is 136 Å². The zero-order chi connectivity index (χ0) is 17.0. The average Bonchev–Trinajstić information content (AvgIpc) is 2.54. The first kappa shape index (κ1) is 16.6. The van der Waals surface area contributed by atoms with Crippen LogP contribution in [0.4, 0.5) is 0 Å². The largest absolute Gasteiger partial charge is 0.493 e. The quantitative estimate of drug-likeness (QED) is 0.633. The van der Waals surface area contributed by atoms with Gasteiger partial charge in [-0.2, -0.15) is 5.26 Å². The number of ether oxygens (including phenoxy) is 2. The normalized spacial score (nSPS) is 10.7. The number of carbonyl (C=O) groups excluding carboxylic acids is 1. The van der Waals surface area contributed by atoms with E-state index in [4.69, 9.17) is 14.7 Å². The molecule has 2 aromatic rings. The third kappa shape index (κ3) is 3.89. The van der Waals surface area contributed by atoms with Crippen LogP contribution >= 0.6 is 0 Å². The van der Waals surface area contributed by atoms with Crippen molar-refractivity contribution >= 4 is 5.97 Å². The Hall–Kier alpha value is -2.80. The monoisotopic (exact) mass is 309 g/mol. The van der Waals surface area contributed by atoms with Crippen LogP contribution in [0.25, 0.3) is 0 Å². The number of benzene rings is 2. The highest BCUT2D eigenvalue weighted by molar-refractivity contribution is 5.91. The van der Waals surface area contributed by atoms with E-state index in [0.717, 1.165) is 5.56 Å². The highest BCUT2D eigenvalue weighted by Crippen LogP contribution is 2.29. The van der Waals surface area contributed by atoms with Crippen molar-refractivity contribution < 1.29 is 14.3 Å². The lowest BCUT2D eigenvalue weighted by Crippen LogP contribution is -2.13. The number of carbonyl (C=O) groups is 1. The molecule has 0 heterocycles. The number of hydrogen-bond donors (Lipinski definition) is 0. The third-order valence-electron chi connectivity index (χ3n) is 3.48. The highest BCUT2D eigenvalue weighted by Gasteiger charge is 2.16. The fraction of sp³-hybridized carbons (Fsp3) is 0.263. The summed E-state index contributed by atoms with van der Waals surface area (Å²) in [4.78, 5) is 12.3. The molecule has 118 valence electrons. The molecule has 0 aliphatic heterocycles. The van der Waals surface area contributed by atoms with Gasteiger partial charge in [-0.1, -0.05) is 32.9 Å². The van der Waals surface area contributed by atoms with Crippen LogP contribution in [-0.2, 0) is 5.41 Å². The minimum absolute atomic E-state index is 0.0266. The van der Waals surface area contributed by atoms with E-state index in [2.05, 4.69) is 20.8 Å². The van der Waals surface area contributed by atoms with Crippen LogP contribution < -0.4 is 9.47 Å². The number of esters is 1. The van der Waals surface area contributed by atoms with Crippen molar-refractivity contribution in [2.24, 2.45) is 0 Å². The molecule has 0 fully saturated rings. The number of hydrogen-bond acceptors (Lipinski definition) is 4. The Morgan fingerprint density at radius 3 is 2.22 bits per heavy atom. The molecule has 0 saturated carbocycles. The molecule has 4 nitrogen and oxygen atoms in total. The van der Waals surface area contributed by atoms with Gasteiger partial charge >= 0.3 is 5.97 Å². The lowest BCUT2D eigenvalue weighted by atomic mass is 9.87. The third-order valence-corrected chi connectivity index (χ3v) is 3.48. The zero-order valence-electron chi connectivity index (χ0n) is 13.7. The summed E-state index contributed by atoms with van der Waals surface area (Å²) in [5.74, 6) is 0.175. The molecule has 2 rings (SSSR count). The molecule has 2 aromatic carbocycles. The summed E-state index contributed by atoms with van der Waals surface area (Å²) in [5, 5.41) is 8.89. The van der Waals surface area contributed by atoms with E-state index in [1.807, 2.05) is 18.2 Å². The van der Waals surface area contributed by atoms with E-state index >= 15 is 0 Å². The van der Waals surface area contributed by atoms with Crippen LogP contribution in [0.1, 0.15) is 42.3 Å². The molecule has 0 bridgehead atoms. The van der Waals surface area contributed by atoms with Gasteiger partial charge in [0.2, 0.25) is 0 Å². The number of nitriles is 1. The minimum Gasteiger partial charge on any atom is -0.493 e. The zero-order valence-corrected chi connectivity index (χ0v) is 13.7. The Bertz CT molecular complexity index is 750. The molecule has 0 spiro atoms. The fourth-order valence-electron chi connectivity index (χ4n) is 2.09. The highest BCUT2D eigenvalue weighted by atomic mass is 16.6. The SMILES string of the molecule is COc1cc(C#N)ccc1OC(=O)c1ccc(C(C)(C)C)cc1. The Morgan fingerprint density at radius 1 is 1.04 bits per heavy atom. The second-order valence-corrected chi connectivity index (χ2v) is 6.19. The van der Waals surface area contributed by atoms with Crippen LogP contribution in [-0.4, -0.2) is 13.1 Å². The number of nitrogens with zero attached hydrogens (tertiary/aromatic N) is 1. The summed E-state index contributed by atoms with van der Waals surface area (Å²) in [5.41, 5.74) is 2.07. The molecule has 0 radical (unpaired) electrons. The summed E-state index contributed by atoms with van der Waals surface area (Å²) < 4.78 is 10.5. The predicted octanol–water partition coefficient (Wildman–Crippen LogP) is 4.08. The molecular weight excluding hydrogens is 290 g/mol. The van der Waals surface area contributed by atoms with Gasteiger partial charge in [0.15, 0.2) is 11.5 Å². The minimum atomic E-state index is -0.464. The lowest BCUT2D eigenvalue weighted by Gasteiger charge is -2.19. The van der Waals surface area contributed by atoms with Crippen LogP contribution in [0.15, 0.2) is 42.5 Å². The van der Waals surface area contributed by atoms with Crippen molar-refractivity contribution in [1.29, 1.82) is 5.26 Å². The summed E-state index contributed by atoms with van der Waals surface area (Å²) in [6.07, 6.45) is 0. The van der Waals surface area contributed by atoms with Crippen LogP contribution in [0, 0.1) is 11.3 Å². The average molecular weight is 309 g/mol. The second-order valence-electron chi connectivity index (χ2n) is 6.19. The van der Waals surface area contributed by atoms with Crippen LogP contribution in [0.3, 0.4) is 0 Å². The van der Waals surface area contributed by atoms with Crippen molar-refractivity contribution in [2.75, 3.05) is 7.11 Å². The molecule has 0 aliphatic rings. The molecule has 0 aromatic heterocycles. The second kappa shape index (κ2) is 6.53. The Kier molecular flexibility index (Phi) is 4.71. The van der Waals surface area contributed by atoms with Gasteiger partial charge in [-0.15, -0.1) is 0 Å². The van der Waals surface area contributed by atoms with E-state index in [-0.39, 0.29) is 11.2 Å². The van der Waals surface area contributed by atoms with Gasteiger partial charge in [0.25, 0.3) is 0 Å². The van der Waals surface area contributed by atoms with E-state index in [1.54, 1.807) is 24.3 Å². The molecule has 0 unspecified atom stereocenters. The standard InChI is InChI=1S/C19H19NO3/c1-19(2,3)15-8-6-14(7-9-15)18(21)23-16-10-5-13(12-20)11-17(16)22-4/h5-11H,1-4H3. The van der Waals surface area contributed by atoms with Crippen molar-refractivity contribution in [3.63, 3.8) is 0 Å². The van der Waals surface area contributed by atoms with Gasteiger partial charge in [0.1, 0.15) is 0 Å². The molecule has 0 amide bonds. The predicted molar refractivity (Wildman–Crippen MR) is 87.8 cm³/mol. The molecular formula is C19H19NO3. The molecule has 0 saturated heterocycles. The van der Waals surface area contributed by atoms with E-state index in [1.165, 1.54) is 13.2 Å². The maximum absolute atomic E-state index is 12.3. The summed E-state index contributed by atoms with van der Waals surface area (Å²) in [6.45, 7) is 6.34. The number of methoxy groups -OCH3 is 1. The smallest absolute Gasteiger partial charge is 0.343 e. The summed E-state index contributed by atoms with van der Waals surface area (Å²) >= 11 is 0. The van der Waals surface area contributed by atoms with Gasteiger partial charge in [-0.05, 0) is 35.2 Å². The maximum Gasteiger partial charge on any atom is 0.343 e. The molecule has 23 heavy (non-hydrogen) atoms. The van der Waals surface area contributed by atoms with Crippen molar-refractivity contribution in [1.82, 2.24) is 0 Å². The Balaban J connectivity index is 2.21. The first-order valence-electron chi connectivity index (χ1n) is 7.26. The molecule has 0 N–H and O–H groups in total. The van der Waals surface area contributed by atoms with Gasteiger partial charge in [0.05, 0.1) is 24.3 Å². The molecule has 0 aliphatic carbocycles. The van der Waals surface area contributed by atoms with E-state index in [0.29, 0.717) is 16.9 Å². The molecule has 0 atom stereocenters. The van der Waals surface area contributed by atoms with E-state index in [9.17, 15) is 4.79 Å². The first-order chi connectivity index (χ1) is 10.8. The van der Waals surface area contributed by atoms with Crippen molar-refractivity contribution in [3.8, 4) is 17.6 Å². The van der Waals surface area contributed by atoms with Crippen LogP contribution in [0.5, 0.6) is 11.5 Å². The van der Waals surface area contributed by atoms with Crippen molar-refractivity contribution in [2.45, 2.75) is 26.2 Å². The van der Waals surface area contributed by atoms with Gasteiger partial charge in [0, 0.05) is 6.07 Å². The van der Waals surface area contributed by atoms with Gasteiger partial charge in [-0.25, -0.2) is 4.79 Å². The summed E-state index contributed by atoms with van der Waals surface area (Å²) in [7, 11) is 1.46. The maximum atomic E-state index is 12.3. The van der Waals surface area contributed by atoms with Gasteiger partial charge in [-0.3, -0.25) is 0 Å². The Morgan fingerprint density at radius 2 is 1.70 bits per heavy atom. The topological polar surface area (TPSA) is 59.3 Å². The van der Waals surface area contributed by atoms with Crippen LogP contribution in [0.2, 0.25) is 0 Å². The molecule has 4 heteroatoms. The van der Waals surface area contributed by atoms with Gasteiger partial charge < -0.3 is 9.47 Å². The first-order valence-corrected chi connectivity index (χ1v) is 7.26. The lowest BCUT2D eigenvalue weighted by molar-refractivity contribution is 0.0729. The van der Waals surface area contributed by atoms with Crippen molar-refractivity contribution in [3.05, 3.63) is 59.2 Å². The van der Waals surface area contributed by atoms with E-state index < -0.39 is 5.97 Å².